The molecule has 8 heterocycles. The van der Waals surface area contributed by atoms with Crippen molar-refractivity contribution in [2.75, 3.05) is 36.9 Å². The molecular weight excluding hydrogens is 997 g/mol. The van der Waals surface area contributed by atoms with Crippen molar-refractivity contribution in [3.63, 3.8) is 0 Å². The van der Waals surface area contributed by atoms with Crippen molar-refractivity contribution in [1.82, 2.24) is 44.7 Å². The van der Waals surface area contributed by atoms with E-state index in [1.807, 2.05) is 36.4 Å². The summed E-state index contributed by atoms with van der Waals surface area (Å²) < 4.78 is 81.6. The predicted molar refractivity (Wildman–Crippen MR) is 248 cm³/mol. The number of amides is 4. The Kier molecular flexibility index (Phi) is 14.6. The molecule has 12 atom stereocenters. The van der Waals surface area contributed by atoms with Crippen LogP contribution in [0, 0.1) is 23.7 Å². The summed E-state index contributed by atoms with van der Waals surface area (Å²) in [6.45, 7) is 2.60. The van der Waals surface area contributed by atoms with Crippen molar-refractivity contribution in [2.45, 2.75) is 75.5 Å². The molecule has 4 fully saturated rings. The molecule has 0 aliphatic carbocycles. The third-order valence-electron chi connectivity index (χ3n) is 11.4. The molecule has 28 heteroatoms. The van der Waals surface area contributed by atoms with Gasteiger partial charge in [-0.05, 0) is 56.0 Å². The number of benzene rings is 2. The van der Waals surface area contributed by atoms with E-state index in [1.54, 1.807) is 44.2 Å². The van der Waals surface area contributed by atoms with Crippen LogP contribution in [0.5, 0.6) is 0 Å². The van der Waals surface area contributed by atoms with Gasteiger partial charge in [-0.2, -0.15) is 0 Å². The van der Waals surface area contributed by atoms with Gasteiger partial charge in [-0.25, -0.2) is 38.8 Å². The Labute approximate surface area is 414 Å². The number of aromatic nitrogens is 7. The zero-order chi connectivity index (χ0) is 50.7. The summed E-state index contributed by atoms with van der Waals surface area (Å²) in [7, 11) is -11.5. The van der Waals surface area contributed by atoms with Crippen LogP contribution in [0.25, 0.3) is 22.3 Å². The van der Waals surface area contributed by atoms with E-state index in [1.165, 1.54) is 34.3 Å². The number of pyridine rings is 1. The number of nitrogens with zero attached hydrogens (tertiary/aromatic N) is 7. The molecule has 73 heavy (non-hydrogen) atoms. The normalized spacial score (nSPS) is 26.6. The average molecular weight is 1040 g/mol. The molecule has 2 aromatic carbocycles. The number of hydrogen-bond donors (Lipinski definition) is 4. The van der Waals surface area contributed by atoms with Crippen molar-refractivity contribution in [3.05, 3.63) is 103 Å². The molecular formula is C45H43N11O15P2-2. The van der Waals surface area contributed by atoms with Crippen LogP contribution < -0.4 is 31.1 Å². The highest BCUT2D eigenvalue weighted by atomic mass is 31.3. The Morgan fingerprint density at radius 2 is 1.12 bits per heavy atom. The van der Waals surface area contributed by atoms with Gasteiger partial charge in [0.05, 0.1) is 31.6 Å². The van der Waals surface area contributed by atoms with E-state index >= 15 is 0 Å². The second kappa shape index (κ2) is 21.4. The Morgan fingerprint density at radius 3 is 1.66 bits per heavy atom. The number of imidazole rings is 2. The minimum atomic E-state index is -5.76. The van der Waals surface area contributed by atoms with Crippen LogP contribution in [-0.2, 0) is 50.9 Å². The number of phosphoric acid groups is 2. The Balaban J connectivity index is 0.835. The molecule has 10 rings (SSSR count). The highest BCUT2D eigenvalue weighted by Crippen LogP contribution is 2.56. The third kappa shape index (κ3) is 11.1. The van der Waals surface area contributed by atoms with Gasteiger partial charge in [-0.15, -0.1) is 0 Å². The van der Waals surface area contributed by atoms with E-state index < -0.39 is 103 Å². The van der Waals surface area contributed by atoms with Gasteiger partial charge in [0, 0.05) is 30.4 Å². The molecule has 4 amide bonds. The van der Waals surface area contributed by atoms with Crippen molar-refractivity contribution < 1.29 is 70.3 Å². The number of nitrogens with one attached hydrogen (secondary N) is 4. The van der Waals surface area contributed by atoms with Crippen LogP contribution in [0.1, 0.15) is 37.4 Å². The van der Waals surface area contributed by atoms with Crippen LogP contribution in [0.3, 0.4) is 0 Å². The first-order valence-corrected chi connectivity index (χ1v) is 25.5. The van der Waals surface area contributed by atoms with Crippen molar-refractivity contribution in [3.8, 4) is 23.7 Å². The standard InChI is InChI=1S/C45H45N11O15P2/c1-3-46-44(57)53-28-19-20-48-40-33(28)51-24-55(40)42-37-35(67-31(69-37)17-15-26-11-7-5-8-12-26)29(65-42)21-63-72(59,60)71-73(61,62)64-22-30-36-38(70-32(68-36)18-16-27-13-9-6-10-14-27)43(66-30)56-25-52-34-39(49-23-50-41(34)56)54-45(58)47-4-2/h5-14,19-20,23-25,29-32,35-38,42-43H,3-4,21-22H2,1-2H3,(H,59,60)(H,61,62)(H2,46,48,53,57)(H2,47,49,50,54,58)/p-2/t29-,30-,31?,32?,35+,36?,37?,38?,42-,43-/m1/s1. The van der Waals surface area contributed by atoms with Crippen molar-refractivity contribution in [1.29, 1.82) is 0 Å². The number of ether oxygens (including phenoxy) is 6. The summed E-state index contributed by atoms with van der Waals surface area (Å²) in [5.74, 6) is 11.9. The molecule has 4 aliphatic heterocycles. The number of anilines is 2. The van der Waals surface area contributed by atoms with Gasteiger partial charge in [0.25, 0.3) is 15.6 Å². The zero-order valence-corrected chi connectivity index (χ0v) is 40.2. The molecule has 6 aromatic rings. The van der Waals surface area contributed by atoms with Crippen LogP contribution in [-0.4, -0.2) is 122 Å². The van der Waals surface area contributed by atoms with E-state index in [0.29, 0.717) is 35.4 Å². The van der Waals surface area contributed by atoms with Gasteiger partial charge < -0.3 is 63.2 Å². The second-order valence-electron chi connectivity index (χ2n) is 16.2. The monoisotopic (exact) mass is 1040 g/mol. The van der Waals surface area contributed by atoms with Crippen molar-refractivity contribution in [2.24, 2.45) is 0 Å². The minimum Gasteiger partial charge on any atom is -0.756 e. The Morgan fingerprint density at radius 1 is 0.630 bits per heavy atom. The van der Waals surface area contributed by atoms with Gasteiger partial charge in [0.15, 0.2) is 35.1 Å². The molecule has 0 bridgehead atoms. The highest BCUT2D eigenvalue weighted by Gasteiger charge is 2.55. The van der Waals surface area contributed by atoms with Crippen LogP contribution in [0.15, 0.2) is 91.9 Å². The molecule has 4 aliphatic rings. The topological polar surface area (TPSA) is 320 Å². The molecule has 4 saturated heterocycles. The summed E-state index contributed by atoms with van der Waals surface area (Å²) in [6.07, 6.45) is -5.42. The maximum Gasteiger partial charge on any atom is 0.320 e. The van der Waals surface area contributed by atoms with Gasteiger partial charge in [0.1, 0.15) is 48.5 Å². The quantitative estimate of drug-likeness (QED) is 0.0900. The van der Waals surface area contributed by atoms with E-state index in [4.69, 9.17) is 37.5 Å². The van der Waals surface area contributed by atoms with Crippen molar-refractivity contribution >= 4 is 61.5 Å². The third-order valence-corrected chi connectivity index (χ3v) is 14.0. The Bertz CT molecular complexity index is 3010. The maximum absolute atomic E-state index is 13.3. The fourth-order valence-corrected chi connectivity index (χ4v) is 10.4. The van der Waals surface area contributed by atoms with E-state index in [-0.39, 0.29) is 22.6 Å². The fraction of sp³-hybridized carbons (Fsp3) is 0.356. The molecule has 4 aromatic heterocycles. The zero-order valence-electron chi connectivity index (χ0n) is 38.4. The number of fused-ring (bicyclic) bond motifs is 4. The summed E-state index contributed by atoms with van der Waals surface area (Å²) in [5, 5.41) is 10.6. The molecule has 380 valence electrons. The largest absolute Gasteiger partial charge is 0.756 e. The van der Waals surface area contributed by atoms with E-state index in [0.717, 1.165) is 0 Å². The lowest BCUT2D eigenvalue weighted by atomic mass is 10.1. The van der Waals surface area contributed by atoms with E-state index in [2.05, 4.69) is 74.2 Å². The van der Waals surface area contributed by atoms with Crippen LogP contribution in [0.4, 0.5) is 21.1 Å². The lowest BCUT2D eigenvalue weighted by molar-refractivity contribution is -0.247. The van der Waals surface area contributed by atoms with Gasteiger partial charge in [0.2, 0.25) is 12.6 Å². The number of phosphoric ester groups is 2. The number of carbonyl (C=O) groups excluding carboxylic acids is 2. The number of carbonyl (C=O) groups is 2. The number of hydrogen-bond acceptors (Lipinski definition) is 20. The number of rotatable bonds is 14. The first-order valence-electron chi connectivity index (χ1n) is 22.6. The van der Waals surface area contributed by atoms with E-state index in [9.17, 15) is 28.5 Å². The smallest absolute Gasteiger partial charge is 0.320 e. The summed E-state index contributed by atoms with van der Waals surface area (Å²) in [4.78, 5) is 73.1. The first kappa shape index (κ1) is 49.9. The lowest BCUT2D eigenvalue weighted by Gasteiger charge is -2.32. The summed E-state index contributed by atoms with van der Waals surface area (Å²) >= 11 is 0. The summed E-state index contributed by atoms with van der Waals surface area (Å²) in [6, 6.07) is 18.6. The number of urea groups is 2. The van der Waals surface area contributed by atoms with Crippen LogP contribution >= 0.6 is 15.6 Å². The van der Waals surface area contributed by atoms with Gasteiger partial charge >= 0.3 is 12.1 Å². The molecule has 0 saturated carbocycles. The van der Waals surface area contributed by atoms with Gasteiger partial charge in [-0.3, -0.25) is 23.6 Å². The molecule has 7 unspecified atom stereocenters. The molecule has 0 radical (unpaired) electrons. The second-order valence-corrected chi connectivity index (χ2v) is 19.2. The maximum atomic E-state index is 13.3. The van der Waals surface area contributed by atoms with Crippen LogP contribution in [0.2, 0.25) is 0 Å². The average Bonchev–Trinajstić information content (AvgIpc) is 4.24. The fourth-order valence-electron chi connectivity index (χ4n) is 8.34. The van der Waals surface area contributed by atoms with Gasteiger partial charge in [-0.1, -0.05) is 48.2 Å². The minimum absolute atomic E-state index is 0.0971. The first-order chi connectivity index (χ1) is 35.3. The molecule has 4 N–H and O–H groups in total. The Hall–Kier alpha value is -6.71. The lowest BCUT2D eigenvalue weighted by Crippen LogP contribution is -2.33. The molecule has 26 nitrogen and oxygen atoms in total. The SMILES string of the molecule is CCNC(=O)Nc1ncnc2c1ncn2[C@@H]1O[C@H](COP(=O)([O-])OP(=O)([O-])OC[C@H]2O[C@@H](n3cnc4c(NC(=O)NCC)ccnc43)C3OC(C#Cc4ccccc4)O[C@H]32)C2OC(C#Cc3ccccc3)OC21. The predicted octanol–water partition coefficient (Wildman–Crippen LogP) is 2.66. The molecule has 0 spiro atoms. The highest BCUT2D eigenvalue weighted by molar-refractivity contribution is 7.59. The summed E-state index contributed by atoms with van der Waals surface area (Å²) in [5.41, 5.74) is 2.67.